The first-order valence-corrected chi connectivity index (χ1v) is 11.4. The number of fused-ring (bicyclic) bond motifs is 1. The highest BCUT2D eigenvalue weighted by atomic mass is 35.5. The lowest BCUT2D eigenvalue weighted by Crippen LogP contribution is -2.36. The zero-order valence-corrected chi connectivity index (χ0v) is 19.6. The van der Waals surface area contributed by atoms with Crippen LogP contribution >= 0.6 is 11.6 Å². The number of aromatic nitrogens is 2. The predicted octanol–water partition coefficient (Wildman–Crippen LogP) is 5.80. The predicted molar refractivity (Wildman–Crippen MR) is 128 cm³/mol. The van der Waals surface area contributed by atoms with Gasteiger partial charge in [-0.3, -0.25) is 0 Å². The van der Waals surface area contributed by atoms with Crippen molar-refractivity contribution in [3.8, 4) is 5.75 Å². The summed E-state index contributed by atoms with van der Waals surface area (Å²) in [6.45, 7) is 2.67. The van der Waals surface area contributed by atoms with Crippen molar-refractivity contribution >= 4 is 22.6 Å². The molecule has 0 bridgehead atoms. The number of para-hydroxylation sites is 2. The van der Waals surface area contributed by atoms with Gasteiger partial charge in [-0.05, 0) is 75.7 Å². The number of methoxy groups -OCH3 is 1. The Bertz CT molecular complexity index is 926. The molecular formula is C25H34ClN3O2. The van der Waals surface area contributed by atoms with Gasteiger partial charge in [0, 0.05) is 31.8 Å². The molecule has 5 nitrogen and oxygen atoms in total. The summed E-state index contributed by atoms with van der Waals surface area (Å²) in [5, 5.41) is 0.715. The monoisotopic (exact) mass is 443 g/mol. The molecule has 1 unspecified atom stereocenters. The maximum atomic E-state index is 5.98. The van der Waals surface area contributed by atoms with Crippen LogP contribution in [0.2, 0.25) is 5.02 Å². The highest BCUT2D eigenvalue weighted by molar-refractivity contribution is 6.30. The van der Waals surface area contributed by atoms with Crippen molar-refractivity contribution in [2.24, 2.45) is 0 Å². The Labute approximate surface area is 190 Å². The molecule has 6 heteroatoms. The topological polar surface area (TPSA) is 39.5 Å². The molecule has 1 aromatic heterocycles. The second-order valence-electron chi connectivity index (χ2n) is 8.09. The maximum absolute atomic E-state index is 5.98. The molecule has 0 aliphatic carbocycles. The van der Waals surface area contributed by atoms with Crippen LogP contribution in [-0.2, 0) is 17.9 Å². The fourth-order valence-corrected chi connectivity index (χ4v) is 4.28. The van der Waals surface area contributed by atoms with Gasteiger partial charge in [-0.15, -0.1) is 0 Å². The first kappa shape index (κ1) is 23.6. The third-order valence-corrected chi connectivity index (χ3v) is 6.01. The number of rotatable bonds is 7. The largest absolute Gasteiger partial charge is 0.486 e. The molecular weight excluding hydrogens is 410 g/mol. The second kappa shape index (κ2) is 12.1. The molecule has 1 saturated heterocycles. The van der Waals surface area contributed by atoms with Crippen LogP contribution in [0.25, 0.3) is 11.0 Å². The van der Waals surface area contributed by atoms with Crippen molar-refractivity contribution in [1.29, 1.82) is 0 Å². The minimum atomic E-state index is 0.458. The number of ether oxygens (including phenoxy) is 2. The number of nitrogens with zero attached hydrogens (tertiary/aromatic N) is 3. The Morgan fingerprint density at radius 2 is 1.81 bits per heavy atom. The summed E-state index contributed by atoms with van der Waals surface area (Å²) in [4.78, 5) is 7.36. The van der Waals surface area contributed by atoms with Gasteiger partial charge in [-0.1, -0.05) is 30.2 Å². The number of piperidine rings is 1. The Balaban J connectivity index is 0.000000858. The number of hydrogen-bond acceptors (Lipinski definition) is 4. The quantitative estimate of drug-likeness (QED) is 0.463. The number of benzene rings is 2. The minimum absolute atomic E-state index is 0.458. The summed E-state index contributed by atoms with van der Waals surface area (Å²) in [5.74, 6) is 1.79. The lowest BCUT2D eigenvalue weighted by molar-refractivity contribution is 0.172. The van der Waals surface area contributed by atoms with E-state index in [0.717, 1.165) is 36.1 Å². The molecule has 0 radical (unpaired) electrons. The van der Waals surface area contributed by atoms with Crippen LogP contribution in [0.1, 0.15) is 37.9 Å². The summed E-state index contributed by atoms with van der Waals surface area (Å²) in [5.41, 5.74) is 2.22. The van der Waals surface area contributed by atoms with E-state index in [0.29, 0.717) is 11.6 Å². The van der Waals surface area contributed by atoms with Crippen molar-refractivity contribution in [3.63, 3.8) is 0 Å². The molecule has 0 amide bonds. The first-order chi connectivity index (χ1) is 15.1. The van der Waals surface area contributed by atoms with Crippen LogP contribution in [0.15, 0.2) is 48.5 Å². The molecule has 168 valence electrons. The average Bonchev–Trinajstić information content (AvgIpc) is 3.13. The van der Waals surface area contributed by atoms with E-state index in [9.17, 15) is 0 Å². The maximum Gasteiger partial charge on any atom is 0.147 e. The molecule has 31 heavy (non-hydrogen) atoms. The molecule has 4 rings (SSSR count). The Hall–Kier alpha value is -2.08. The van der Waals surface area contributed by atoms with Gasteiger partial charge >= 0.3 is 0 Å². The fraction of sp³-hybridized carbons (Fsp3) is 0.480. The van der Waals surface area contributed by atoms with E-state index in [1.54, 1.807) is 14.2 Å². The van der Waals surface area contributed by atoms with E-state index in [2.05, 4.69) is 39.5 Å². The van der Waals surface area contributed by atoms with Crippen LogP contribution in [0.5, 0.6) is 5.75 Å². The zero-order valence-electron chi connectivity index (χ0n) is 18.9. The van der Waals surface area contributed by atoms with E-state index < -0.39 is 0 Å². The number of imidazole rings is 1. The van der Waals surface area contributed by atoms with E-state index in [1.807, 2.05) is 30.3 Å². The summed E-state index contributed by atoms with van der Waals surface area (Å²) < 4.78 is 12.6. The van der Waals surface area contributed by atoms with Gasteiger partial charge in [0.25, 0.3) is 0 Å². The fourth-order valence-electron chi connectivity index (χ4n) is 4.16. The SMILES string of the molecule is CN1CCCCC1CCCn1c(COc2ccc(Cl)cc2)nc2ccccc21.COC. The molecule has 2 heterocycles. The third-order valence-electron chi connectivity index (χ3n) is 5.76. The molecule has 1 atom stereocenters. The van der Waals surface area contributed by atoms with E-state index in [-0.39, 0.29) is 0 Å². The highest BCUT2D eigenvalue weighted by Gasteiger charge is 2.19. The van der Waals surface area contributed by atoms with Crippen LogP contribution < -0.4 is 4.74 Å². The van der Waals surface area contributed by atoms with Gasteiger partial charge in [0.15, 0.2) is 0 Å². The number of halogens is 1. The average molecular weight is 444 g/mol. The molecule has 3 aromatic rings. The van der Waals surface area contributed by atoms with Gasteiger partial charge in [0.2, 0.25) is 0 Å². The van der Waals surface area contributed by atoms with E-state index in [1.165, 1.54) is 37.7 Å². The lowest BCUT2D eigenvalue weighted by atomic mass is 9.99. The standard InChI is InChI=1S/C23H28ClN3O.C2H6O/c1-26-15-5-4-7-19(26)8-6-16-27-22-10-3-2-9-21(22)25-23(27)17-28-20-13-11-18(24)12-14-20;1-3-2/h2-3,9-14,19H,4-8,15-17H2,1H3;1-2H3. The first-order valence-electron chi connectivity index (χ1n) is 11.0. The highest BCUT2D eigenvalue weighted by Crippen LogP contribution is 2.23. The molecule has 2 aromatic carbocycles. The van der Waals surface area contributed by atoms with E-state index >= 15 is 0 Å². The Kier molecular flexibility index (Phi) is 9.19. The number of likely N-dealkylation sites (tertiary alicyclic amines) is 1. The van der Waals surface area contributed by atoms with Crippen LogP contribution in [0, 0.1) is 0 Å². The normalized spacial score (nSPS) is 16.7. The Morgan fingerprint density at radius 1 is 1.06 bits per heavy atom. The molecule has 0 saturated carbocycles. The Morgan fingerprint density at radius 3 is 2.55 bits per heavy atom. The molecule has 0 spiro atoms. The molecule has 1 fully saturated rings. The van der Waals surface area contributed by atoms with Crippen LogP contribution in [0.4, 0.5) is 0 Å². The molecule has 0 N–H and O–H groups in total. The van der Waals surface area contributed by atoms with Gasteiger partial charge < -0.3 is 18.9 Å². The van der Waals surface area contributed by atoms with Crippen molar-refractivity contribution < 1.29 is 9.47 Å². The summed E-state index contributed by atoms with van der Waals surface area (Å²) in [6, 6.07) is 16.6. The van der Waals surface area contributed by atoms with Crippen molar-refractivity contribution in [2.75, 3.05) is 27.8 Å². The summed E-state index contributed by atoms with van der Waals surface area (Å²) in [6.07, 6.45) is 6.42. The summed E-state index contributed by atoms with van der Waals surface area (Å²) >= 11 is 5.96. The van der Waals surface area contributed by atoms with E-state index in [4.69, 9.17) is 21.3 Å². The van der Waals surface area contributed by atoms with Crippen LogP contribution in [0.3, 0.4) is 0 Å². The summed E-state index contributed by atoms with van der Waals surface area (Å²) in [7, 11) is 5.52. The van der Waals surface area contributed by atoms with Crippen molar-refractivity contribution in [1.82, 2.24) is 14.5 Å². The molecule has 1 aliphatic heterocycles. The van der Waals surface area contributed by atoms with Crippen LogP contribution in [-0.4, -0.2) is 48.3 Å². The number of hydrogen-bond donors (Lipinski definition) is 0. The molecule has 1 aliphatic rings. The van der Waals surface area contributed by atoms with Crippen molar-refractivity contribution in [3.05, 3.63) is 59.4 Å². The zero-order chi connectivity index (χ0) is 22.1. The minimum Gasteiger partial charge on any atom is -0.486 e. The van der Waals surface area contributed by atoms with Gasteiger partial charge in [-0.25, -0.2) is 4.98 Å². The third kappa shape index (κ3) is 6.70. The van der Waals surface area contributed by atoms with Gasteiger partial charge in [0.1, 0.15) is 18.2 Å². The smallest absolute Gasteiger partial charge is 0.147 e. The van der Waals surface area contributed by atoms with Gasteiger partial charge in [-0.2, -0.15) is 0 Å². The second-order valence-corrected chi connectivity index (χ2v) is 8.53. The van der Waals surface area contributed by atoms with Crippen molar-refractivity contribution in [2.45, 2.75) is 51.3 Å². The van der Waals surface area contributed by atoms with Gasteiger partial charge in [0.05, 0.1) is 11.0 Å². The lowest BCUT2D eigenvalue weighted by Gasteiger charge is -2.32. The number of aryl methyl sites for hydroxylation is 1.